The summed E-state index contributed by atoms with van der Waals surface area (Å²) in [4.78, 5) is 49.4. The minimum Gasteiger partial charge on any atom is -0.455 e. The molecule has 0 bridgehead atoms. The Bertz CT molecular complexity index is 2510. The number of amides is 2. The average molecular weight is 752 g/mol. The first-order valence-electron chi connectivity index (χ1n) is 17.4. The molecule has 12 nitrogen and oxygen atoms in total. The van der Waals surface area contributed by atoms with E-state index in [-0.39, 0.29) is 59.7 Å². The molecule has 0 spiro atoms. The molecular formula is C40H38FN5O7S. The minimum absolute atomic E-state index is 0.0893. The summed E-state index contributed by atoms with van der Waals surface area (Å²) < 4.78 is 55.2. The lowest BCUT2D eigenvalue weighted by molar-refractivity contribution is -0.143. The zero-order valence-corrected chi connectivity index (χ0v) is 31.1. The van der Waals surface area contributed by atoms with Gasteiger partial charge < -0.3 is 23.8 Å². The molecule has 3 aromatic heterocycles. The number of nitrogens with zero attached hydrogens (tertiary/aromatic N) is 4. The van der Waals surface area contributed by atoms with E-state index in [1.807, 2.05) is 32.0 Å². The zero-order valence-electron chi connectivity index (χ0n) is 30.3. The number of fused-ring (bicyclic) bond motifs is 2. The van der Waals surface area contributed by atoms with Crippen LogP contribution in [0.2, 0.25) is 0 Å². The number of benzene rings is 3. The summed E-state index contributed by atoms with van der Waals surface area (Å²) in [7, 11) is -2.52. The van der Waals surface area contributed by atoms with Gasteiger partial charge >= 0.3 is 0 Å². The van der Waals surface area contributed by atoms with Crippen LogP contribution in [0.5, 0.6) is 0 Å². The van der Waals surface area contributed by atoms with Crippen molar-refractivity contribution in [3.05, 3.63) is 90.4 Å². The van der Waals surface area contributed by atoms with E-state index in [4.69, 9.17) is 8.83 Å². The van der Waals surface area contributed by atoms with Crippen molar-refractivity contribution < 1.29 is 36.0 Å². The zero-order chi connectivity index (χ0) is 38.5. The van der Waals surface area contributed by atoms with Crippen LogP contribution in [-0.2, 0) is 19.6 Å². The van der Waals surface area contributed by atoms with Crippen molar-refractivity contribution in [3.63, 3.8) is 0 Å². The molecule has 0 saturated carbocycles. The number of hydrogen-bond acceptors (Lipinski definition) is 9. The molecule has 1 saturated heterocycles. The Morgan fingerprint density at radius 1 is 0.963 bits per heavy atom. The van der Waals surface area contributed by atoms with Gasteiger partial charge in [-0.15, -0.1) is 0 Å². The second-order valence-electron chi connectivity index (χ2n) is 13.9. The summed E-state index contributed by atoms with van der Waals surface area (Å²) in [5.74, 6) is -1.36. The van der Waals surface area contributed by atoms with E-state index in [9.17, 15) is 27.2 Å². The molecule has 278 valence electrons. The van der Waals surface area contributed by atoms with Crippen molar-refractivity contribution >= 4 is 55.5 Å². The molecule has 3 aromatic carbocycles. The van der Waals surface area contributed by atoms with Crippen LogP contribution in [-0.4, -0.2) is 73.3 Å². The highest BCUT2D eigenvalue weighted by Gasteiger charge is 2.42. The van der Waals surface area contributed by atoms with Gasteiger partial charge in [0.05, 0.1) is 23.5 Å². The number of furan rings is 1. The minimum atomic E-state index is -4.00. The monoisotopic (exact) mass is 751 g/mol. The maximum atomic E-state index is 13.9. The number of oxazole rings is 1. The predicted octanol–water partition coefficient (Wildman–Crippen LogP) is 6.70. The number of sulfonamides is 1. The Labute approximate surface area is 311 Å². The third-order valence-corrected chi connectivity index (χ3v) is 10.9. The summed E-state index contributed by atoms with van der Waals surface area (Å²) >= 11 is 0. The number of halogens is 1. The van der Waals surface area contributed by atoms with Crippen LogP contribution >= 0.6 is 0 Å². The highest BCUT2D eigenvalue weighted by atomic mass is 32.2. The number of anilines is 1. The maximum absolute atomic E-state index is 13.9. The molecule has 0 aliphatic carbocycles. The van der Waals surface area contributed by atoms with Crippen LogP contribution in [0.1, 0.15) is 37.6 Å². The highest BCUT2D eigenvalue weighted by molar-refractivity contribution is 7.92. The number of likely N-dealkylation sites (tertiary alicyclic amines) is 1. The fourth-order valence-corrected chi connectivity index (χ4v) is 8.18. The number of aromatic nitrogens is 2. The number of carbonyl (C=O) groups excluding carboxylic acids is 3. The van der Waals surface area contributed by atoms with Gasteiger partial charge in [0.1, 0.15) is 22.9 Å². The van der Waals surface area contributed by atoms with E-state index in [0.29, 0.717) is 44.8 Å². The van der Waals surface area contributed by atoms with Crippen LogP contribution in [0.4, 0.5) is 10.1 Å². The van der Waals surface area contributed by atoms with Gasteiger partial charge in [-0.1, -0.05) is 26.0 Å². The molecule has 2 amide bonds. The first-order chi connectivity index (χ1) is 25.7. The van der Waals surface area contributed by atoms with E-state index in [1.54, 1.807) is 41.4 Å². The van der Waals surface area contributed by atoms with Crippen molar-refractivity contribution in [2.75, 3.05) is 30.7 Å². The van der Waals surface area contributed by atoms with Crippen molar-refractivity contribution in [1.82, 2.24) is 20.2 Å². The molecular weight excluding hydrogens is 714 g/mol. The first kappa shape index (κ1) is 36.5. The average Bonchev–Trinajstić information content (AvgIpc) is 3.72. The van der Waals surface area contributed by atoms with Gasteiger partial charge in [0, 0.05) is 66.8 Å². The Balaban J connectivity index is 1.40. The molecule has 1 fully saturated rings. The van der Waals surface area contributed by atoms with E-state index >= 15 is 0 Å². The predicted molar refractivity (Wildman–Crippen MR) is 203 cm³/mol. The molecule has 6 aromatic rings. The van der Waals surface area contributed by atoms with E-state index in [2.05, 4.69) is 15.3 Å². The normalized spacial score (nSPS) is 14.0. The van der Waals surface area contributed by atoms with E-state index in [0.717, 1.165) is 6.26 Å². The van der Waals surface area contributed by atoms with Gasteiger partial charge in [-0.2, -0.15) is 4.98 Å². The van der Waals surface area contributed by atoms with Crippen LogP contribution in [0.25, 0.3) is 56.1 Å². The van der Waals surface area contributed by atoms with Crippen LogP contribution < -0.4 is 9.62 Å². The Hall–Kier alpha value is -5.89. The van der Waals surface area contributed by atoms with E-state index < -0.39 is 33.7 Å². The van der Waals surface area contributed by atoms with Gasteiger partial charge in [-0.3, -0.25) is 13.9 Å². The first-order valence-corrected chi connectivity index (χ1v) is 19.3. The van der Waals surface area contributed by atoms with Crippen molar-refractivity contribution in [2.45, 2.75) is 33.2 Å². The molecule has 1 aliphatic heterocycles. The Kier molecular flexibility index (Phi) is 9.56. The lowest BCUT2D eigenvalue weighted by Crippen LogP contribution is -2.63. The summed E-state index contributed by atoms with van der Waals surface area (Å²) in [6.07, 6.45) is 2.81. The molecule has 7 rings (SSSR count). The molecule has 0 unspecified atom stereocenters. The quantitative estimate of drug-likeness (QED) is 0.152. The van der Waals surface area contributed by atoms with Gasteiger partial charge in [0.15, 0.2) is 11.2 Å². The Morgan fingerprint density at radius 3 is 2.33 bits per heavy atom. The van der Waals surface area contributed by atoms with Crippen LogP contribution in [0.3, 0.4) is 0 Å². The maximum Gasteiger partial charge on any atom is 0.255 e. The fraction of sp³-hybridized carbons (Fsp3) is 0.275. The van der Waals surface area contributed by atoms with Gasteiger partial charge in [-0.05, 0) is 73.0 Å². The number of carbonyl (C=O) groups is 3. The summed E-state index contributed by atoms with van der Waals surface area (Å²) in [5, 5.41) is 3.06. The number of nitrogens with one attached hydrogen (secondary N) is 1. The second kappa shape index (κ2) is 14.2. The van der Waals surface area contributed by atoms with Crippen LogP contribution in [0.15, 0.2) is 87.8 Å². The molecule has 1 aliphatic rings. The lowest BCUT2D eigenvalue weighted by atomic mass is 9.88. The van der Waals surface area contributed by atoms with Crippen molar-refractivity contribution in [2.24, 2.45) is 11.8 Å². The number of rotatable bonds is 11. The molecule has 4 heterocycles. The Morgan fingerprint density at radius 2 is 1.69 bits per heavy atom. The van der Waals surface area contributed by atoms with Gasteiger partial charge in [-0.25, -0.2) is 17.8 Å². The summed E-state index contributed by atoms with van der Waals surface area (Å²) in [6, 6.07) is 18.9. The molecule has 1 N–H and O–H groups in total. The molecule has 0 radical (unpaired) electrons. The van der Waals surface area contributed by atoms with Gasteiger partial charge in [0.2, 0.25) is 21.8 Å². The summed E-state index contributed by atoms with van der Waals surface area (Å²) in [5.41, 5.74) is 3.65. The lowest BCUT2D eigenvalue weighted by Gasteiger charge is -2.46. The third-order valence-electron chi connectivity index (χ3n) is 9.68. The van der Waals surface area contributed by atoms with Gasteiger partial charge in [0.25, 0.3) is 5.91 Å². The topological polar surface area (TPSA) is 156 Å². The molecule has 54 heavy (non-hydrogen) atoms. The number of Topliss-reactive ketones (excluding diaryl/α,β-unsaturated/α-hetero) is 1. The number of pyridine rings is 1. The molecule has 14 heteroatoms. The molecule has 1 atom stereocenters. The number of hydrogen-bond donors (Lipinski definition) is 1. The smallest absolute Gasteiger partial charge is 0.255 e. The van der Waals surface area contributed by atoms with Crippen molar-refractivity contribution in [1.29, 1.82) is 0 Å². The third kappa shape index (κ3) is 6.84. The standard InChI is InChI=1S/C40H38FN5O7S/c1-22(2)29(16-23(3)47)40(49)45-20-28(21-45)46(54(5,50)51)32-19-34-31(35(38(48)42-4)36(52-34)24-11-13-27(41)14-12-24)18-30(32)25-8-6-9-26(17-25)39-44-37-33(53-39)10-7-15-43-37/h6-15,17-19,22,28-29H,16,20-21H2,1-5H3,(H,42,48)/t29-/m0/s1. The summed E-state index contributed by atoms with van der Waals surface area (Å²) in [6.45, 7) is 5.42. The SMILES string of the molecule is CNC(=O)c1c(-c2ccc(F)cc2)oc2cc(N(C3CN(C(=O)[C@@H](CC(C)=O)C(C)C)C3)S(C)(=O)=O)c(-c3cccc(-c4nc5ncccc5o4)c3)cc12. The fourth-order valence-electron chi connectivity index (χ4n) is 7.00. The largest absolute Gasteiger partial charge is 0.455 e. The second-order valence-corrected chi connectivity index (χ2v) is 15.8. The van der Waals surface area contributed by atoms with E-state index in [1.165, 1.54) is 42.5 Å². The highest BCUT2D eigenvalue weighted by Crippen LogP contribution is 2.44. The van der Waals surface area contributed by atoms with Crippen molar-refractivity contribution in [3.8, 4) is 33.9 Å². The number of ketones is 1. The van der Waals surface area contributed by atoms with Crippen LogP contribution in [0, 0.1) is 17.7 Å².